The number of benzene rings is 1. The van der Waals surface area contributed by atoms with E-state index >= 15 is 0 Å². The Morgan fingerprint density at radius 2 is 2.18 bits per heavy atom. The topological polar surface area (TPSA) is 45.8 Å². The molecule has 0 aliphatic heterocycles. The number of hydrogen-bond acceptors (Lipinski definition) is 3. The summed E-state index contributed by atoms with van der Waals surface area (Å²) in [5.41, 5.74) is 0.0674. The van der Waals surface area contributed by atoms with Crippen molar-refractivity contribution in [1.29, 1.82) is 5.26 Å². The van der Waals surface area contributed by atoms with Gasteiger partial charge in [0, 0.05) is 0 Å². The van der Waals surface area contributed by atoms with Crippen molar-refractivity contribution in [2.75, 3.05) is 0 Å². The van der Waals surface area contributed by atoms with Gasteiger partial charge in [-0.2, -0.15) is 5.26 Å². The van der Waals surface area contributed by atoms with Crippen LogP contribution in [0, 0.1) is 17.2 Å². The highest BCUT2D eigenvalue weighted by molar-refractivity contribution is 7.13. The smallest absolute Gasteiger partial charge is 0.268 e. The van der Waals surface area contributed by atoms with E-state index in [0.29, 0.717) is 0 Å². The molecule has 17 heavy (non-hydrogen) atoms. The summed E-state index contributed by atoms with van der Waals surface area (Å²) in [7, 11) is 0. The zero-order valence-corrected chi connectivity index (χ0v) is 10.1. The van der Waals surface area contributed by atoms with Crippen LogP contribution in [0.25, 0.3) is 10.1 Å². The highest BCUT2D eigenvalue weighted by Crippen LogP contribution is 2.36. The molecule has 0 radical (unpaired) electrons. The van der Waals surface area contributed by atoms with E-state index in [9.17, 15) is 4.79 Å². The predicted octanol–water partition coefficient (Wildman–Crippen LogP) is 2.93. The molecule has 3 nitrogen and oxygen atoms in total. The summed E-state index contributed by atoms with van der Waals surface area (Å²) in [6, 6.07) is 10.1. The Balaban J connectivity index is 2.15. The van der Waals surface area contributed by atoms with Crippen LogP contribution in [0.2, 0.25) is 0 Å². The molecule has 1 fully saturated rings. The van der Waals surface area contributed by atoms with Gasteiger partial charge in [-0.25, -0.2) is 0 Å². The maximum absolute atomic E-state index is 12.2. The molecule has 3 rings (SSSR count). The Hall–Kier alpha value is -1.60. The van der Waals surface area contributed by atoms with E-state index in [0.717, 1.165) is 29.3 Å². The fourth-order valence-corrected chi connectivity index (χ4v) is 3.75. The average molecular weight is 244 g/mol. The van der Waals surface area contributed by atoms with Gasteiger partial charge >= 0.3 is 0 Å². The van der Waals surface area contributed by atoms with E-state index in [-0.39, 0.29) is 17.5 Å². The van der Waals surface area contributed by atoms with Gasteiger partial charge in [-0.15, -0.1) is 0 Å². The van der Waals surface area contributed by atoms with Crippen molar-refractivity contribution < 1.29 is 0 Å². The maximum atomic E-state index is 12.2. The van der Waals surface area contributed by atoms with Crippen LogP contribution in [0.15, 0.2) is 29.1 Å². The first-order chi connectivity index (χ1) is 8.31. The molecule has 0 bridgehead atoms. The maximum Gasteiger partial charge on any atom is 0.268 e. The minimum atomic E-state index is 0.000706. The summed E-state index contributed by atoms with van der Waals surface area (Å²) < 4.78 is 2.83. The highest BCUT2D eigenvalue weighted by atomic mass is 32.1. The van der Waals surface area contributed by atoms with Crippen LogP contribution >= 0.6 is 11.5 Å². The number of nitriles is 1. The van der Waals surface area contributed by atoms with Gasteiger partial charge in [0.25, 0.3) is 5.56 Å². The Morgan fingerprint density at radius 1 is 1.35 bits per heavy atom. The lowest BCUT2D eigenvalue weighted by atomic mass is 10.1. The average Bonchev–Trinajstić information content (AvgIpc) is 2.94. The zero-order chi connectivity index (χ0) is 11.8. The van der Waals surface area contributed by atoms with Crippen LogP contribution in [-0.4, -0.2) is 3.96 Å². The summed E-state index contributed by atoms with van der Waals surface area (Å²) in [6.45, 7) is 0. The van der Waals surface area contributed by atoms with Crippen LogP contribution in [0.5, 0.6) is 0 Å². The lowest BCUT2D eigenvalue weighted by Gasteiger charge is -2.12. The van der Waals surface area contributed by atoms with E-state index < -0.39 is 0 Å². The van der Waals surface area contributed by atoms with E-state index in [1.165, 1.54) is 11.5 Å². The van der Waals surface area contributed by atoms with E-state index in [1.807, 2.05) is 28.2 Å². The highest BCUT2D eigenvalue weighted by Gasteiger charge is 2.30. The molecule has 1 aliphatic carbocycles. The van der Waals surface area contributed by atoms with Gasteiger partial charge in [0.2, 0.25) is 0 Å². The molecule has 2 atom stereocenters. The zero-order valence-electron chi connectivity index (χ0n) is 9.30. The molecule has 0 saturated heterocycles. The van der Waals surface area contributed by atoms with E-state index in [1.54, 1.807) is 0 Å². The molecule has 1 aromatic heterocycles. The molecule has 4 heteroatoms. The molecule has 2 aromatic rings. The third-order valence-corrected chi connectivity index (χ3v) is 4.65. The van der Waals surface area contributed by atoms with Crippen molar-refractivity contribution in [3.63, 3.8) is 0 Å². The van der Waals surface area contributed by atoms with Crippen LogP contribution in [0.1, 0.15) is 25.3 Å². The van der Waals surface area contributed by atoms with Gasteiger partial charge in [-0.05, 0) is 31.4 Å². The summed E-state index contributed by atoms with van der Waals surface area (Å²) >= 11 is 1.49. The van der Waals surface area contributed by atoms with Crippen molar-refractivity contribution in [2.24, 2.45) is 5.92 Å². The molecular weight excluding hydrogens is 232 g/mol. The second kappa shape index (κ2) is 4.01. The SMILES string of the molecule is N#CC1CCCC1n1sc2ccccc2c1=O. The van der Waals surface area contributed by atoms with Crippen molar-refractivity contribution in [2.45, 2.75) is 25.3 Å². The summed E-state index contributed by atoms with van der Waals surface area (Å²) in [6.07, 6.45) is 2.91. The largest absolute Gasteiger partial charge is 0.268 e. The van der Waals surface area contributed by atoms with Gasteiger partial charge in [-0.3, -0.25) is 8.75 Å². The monoisotopic (exact) mass is 244 g/mol. The van der Waals surface area contributed by atoms with Crippen LogP contribution < -0.4 is 5.56 Å². The fourth-order valence-electron chi connectivity index (χ4n) is 2.58. The number of fused-ring (bicyclic) bond motifs is 1. The van der Waals surface area contributed by atoms with Crippen LogP contribution in [-0.2, 0) is 0 Å². The van der Waals surface area contributed by atoms with E-state index in [2.05, 4.69) is 6.07 Å². The summed E-state index contributed by atoms with van der Waals surface area (Å²) in [5, 5.41) is 9.88. The molecular formula is C13H12N2OS. The van der Waals surface area contributed by atoms with Gasteiger partial charge in [0.15, 0.2) is 0 Å². The molecule has 1 aliphatic rings. The Morgan fingerprint density at radius 3 is 2.94 bits per heavy atom. The first kappa shape index (κ1) is 10.5. The molecule has 86 valence electrons. The molecule has 1 aromatic carbocycles. The number of nitrogens with zero attached hydrogens (tertiary/aromatic N) is 2. The summed E-state index contributed by atoms with van der Waals surface area (Å²) in [5.74, 6) is 0.000706. The van der Waals surface area contributed by atoms with Crippen molar-refractivity contribution in [3.8, 4) is 6.07 Å². The normalized spacial score (nSPS) is 23.9. The predicted molar refractivity (Wildman–Crippen MR) is 68.1 cm³/mol. The second-order valence-electron chi connectivity index (χ2n) is 4.45. The molecule has 1 heterocycles. The van der Waals surface area contributed by atoms with Gasteiger partial charge < -0.3 is 0 Å². The lowest BCUT2D eigenvalue weighted by Crippen LogP contribution is -2.21. The second-order valence-corrected chi connectivity index (χ2v) is 5.47. The minimum absolute atomic E-state index is 0.000706. The lowest BCUT2D eigenvalue weighted by molar-refractivity contribution is 0.471. The standard InChI is InChI=1S/C13H12N2OS/c14-8-9-4-3-6-11(9)15-13(16)10-5-1-2-7-12(10)17-15/h1-2,5,7,9,11H,3-4,6H2. The van der Waals surface area contributed by atoms with Crippen molar-refractivity contribution >= 4 is 21.6 Å². The minimum Gasteiger partial charge on any atom is -0.268 e. The first-order valence-corrected chi connectivity index (χ1v) is 6.59. The van der Waals surface area contributed by atoms with Crippen molar-refractivity contribution in [1.82, 2.24) is 3.96 Å². The Labute approximate surface area is 103 Å². The number of aromatic nitrogens is 1. The summed E-state index contributed by atoms with van der Waals surface area (Å²) in [4.78, 5) is 12.2. The molecule has 0 spiro atoms. The van der Waals surface area contributed by atoms with E-state index in [4.69, 9.17) is 5.26 Å². The molecule has 0 N–H and O–H groups in total. The van der Waals surface area contributed by atoms with Crippen molar-refractivity contribution in [3.05, 3.63) is 34.6 Å². The fraction of sp³-hybridized carbons (Fsp3) is 0.385. The van der Waals surface area contributed by atoms with Gasteiger partial charge in [0.1, 0.15) is 0 Å². The Bertz CT molecular complexity index is 649. The first-order valence-electron chi connectivity index (χ1n) is 5.81. The molecule has 0 amide bonds. The quantitative estimate of drug-likeness (QED) is 0.774. The third-order valence-electron chi connectivity index (χ3n) is 3.46. The van der Waals surface area contributed by atoms with Crippen LogP contribution in [0.4, 0.5) is 0 Å². The van der Waals surface area contributed by atoms with Gasteiger partial charge in [-0.1, -0.05) is 23.7 Å². The molecule has 1 saturated carbocycles. The number of rotatable bonds is 1. The van der Waals surface area contributed by atoms with Gasteiger partial charge in [0.05, 0.1) is 28.1 Å². The van der Waals surface area contributed by atoms with Crippen LogP contribution in [0.3, 0.4) is 0 Å². The number of hydrogen-bond donors (Lipinski definition) is 0. The third kappa shape index (κ3) is 1.58. The Kier molecular flexibility index (Phi) is 2.49. The molecule has 2 unspecified atom stereocenters.